The second kappa shape index (κ2) is 10.7. The third-order valence-corrected chi connectivity index (χ3v) is 7.78. The highest BCUT2D eigenvalue weighted by molar-refractivity contribution is 7.92. The van der Waals surface area contributed by atoms with Crippen LogP contribution in [0.4, 0.5) is 11.4 Å². The molecule has 1 fully saturated rings. The average molecular weight is 576 g/mol. The van der Waals surface area contributed by atoms with E-state index < -0.39 is 16.0 Å². The lowest BCUT2D eigenvalue weighted by molar-refractivity contribution is 0.0600. The molecule has 5 rings (SSSR count). The van der Waals surface area contributed by atoms with Crippen molar-refractivity contribution in [2.24, 2.45) is 0 Å². The van der Waals surface area contributed by atoms with Gasteiger partial charge in [0.25, 0.3) is 0 Å². The summed E-state index contributed by atoms with van der Waals surface area (Å²) in [7, 11) is -2.04. The fraction of sp³-hybridized carbons (Fsp3) is 0.207. The maximum atomic E-state index is 12.2. The normalized spacial score (nSPS) is 17.0. The van der Waals surface area contributed by atoms with E-state index in [4.69, 9.17) is 17.0 Å². The van der Waals surface area contributed by atoms with Crippen molar-refractivity contribution in [3.8, 4) is 5.69 Å². The number of carbonyl (C=O) groups is 1. The molecule has 0 saturated carbocycles. The monoisotopic (exact) mass is 575 g/mol. The van der Waals surface area contributed by atoms with Gasteiger partial charge < -0.3 is 19.5 Å². The summed E-state index contributed by atoms with van der Waals surface area (Å²) < 4.78 is 32.9. The number of carbonyl (C=O) groups excluding carboxylic acids is 1. The van der Waals surface area contributed by atoms with Gasteiger partial charge in [0, 0.05) is 34.6 Å². The molecule has 0 unspecified atom stereocenters. The van der Waals surface area contributed by atoms with Crippen molar-refractivity contribution in [2.75, 3.05) is 23.0 Å². The van der Waals surface area contributed by atoms with Crippen LogP contribution in [0, 0.1) is 13.8 Å². The van der Waals surface area contributed by atoms with Crippen LogP contribution in [0.3, 0.4) is 0 Å². The van der Waals surface area contributed by atoms with Crippen molar-refractivity contribution in [2.45, 2.75) is 25.9 Å². The lowest BCUT2D eigenvalue weighted by Crippen LogP contribution is -2.29. The minimum atomic E-state index is -3.40. The van der Waals surface area contributed by atoms with Gasteiger partial charge in [-0.15, -0.1) is 0 Å². The van der Waals surface area contributed by atoms with Crippen LogP contribution in [-0.4, -0.2) is 42.4 Å². The summed E-state index contributed by atoms with van der Waals surface area (Å²) in [6, 6.07) is 21.8. The molecule has 3 heterocycles. The molecule has 0 bridgehead atoms. The Kier molecular flexibility index (Phi) is 7.35. The lowest BCUT2D eigenvalue weighted by atomic mass is 9.96. The van der Waals surface area contributed by atoms with Gasteiger partial charge in [-0.2, -0.15) is 0 Å². The molecule has 0 aliphatic carbocycles. The van der Waals surface area contributed by atoms with Gasteiger partial charge in [0.1, 0.15) is 0 Å². The minimum Gasteiger partial charge on any atom is -0.465 e. The molecular weight excluding hydrogens is 546 g/mol. The first-order valence-electron chi connectivity index (χ1n) is 12.5. The largest absolute Gasteiger partial charge is 0.465 e. The van der Waals surface area contributed by atoms with Gasteiger partial charge in [-0.25, -0.2) is 13.2 Å². The van der Waals surface area contributed by atoms with Gasteiger partial charge in [0.05, 0.1) is 36.7 Å². The zero-order valence-electron chi connectivity index (χ0n) is 22.5. The van der Waals surface area contributed by atoms with Crippen molar-refractivity contribution >= 4 is 44.7 Å². The number of aromatic nitrogens is 2. The molecule has 0 spiro atoms. The smallest absolute Gasteiger partial charge is 0.337 e. The molecule has 206 valence electrons. The third kappa shape index (κ3) is 5.30. The van der Waals surface area contributed by atoms with E-state index in [0.29, 0.717) is 16.4 Å². The number of thiocarbonyl (C=S) groups is 1. The maximum Gasteiger partial charge on any atom is 0.337 e. The zero-order chi connectivity index (χ0) is 28.6. The Morgan fingerprint density at radius 3 is 2.42 bits per heavy atom. The fourth-order valence-corrected chi connectivity index (χ4v) is 6.14. The molecule has 0 amide bonds. The number of esters is 1. The summed E-state index contributed by atoms with van der Waals surface area (Å²) in [5.74, 6) is -0.398. The second-order valence-electron chi connectivity index (χ2n) is 9.62. The molecule has 2 aromatic heterocycles. The highest BCUT2D eigenvalue weighted by atomic mass is 32.2. The number of nitrogens with one attached hydrogen (secondary N) is 2. The number of rotatable bonds is 7. The first-order chi connectivity index (χ1) is 19.1. The number of hydrogen-bond acceptors (Lipinski definition) is 6. The molecule has 2 N–H and O–H groups in total. The van der Waals surface area contributed by atoms with E-state index in [1.165, 1.54) is 7.11 Å². The summed E-state index contributed by atoms with van der Waals surface area (Å²) in [6.07, 6.45) is 2.87. The Bertz CT molecular complexity index is 1690. The fourth-order valence-electron chi connectivity index (χ4n) is 5.23. The van der Waals surface area contributed by atoms with Gasteiger partial charge in [0.15, 0.2) is 5.11 Å². The van der Waals surface area contributed by atoms with Crippen molar-refractivity contribution in [3.63, 3.8) is 0 Å². The Labute approximate surface area is 238 Å². The second-order valence-corrected chi connectivity index (χ2v) is 11.8. The average Bonchev–Trinajstić information content (AvgIpc) is 3.43. The SMILES string of the molecule is COC(=O)c1cccc(-n2c(C)cc([C@@H]3[C@@H](c4ccccn4)NC(=S)N3c3ccc(NS(C)(=O)=O)cc3)c2C)c1. The molecule has 2 aromatic carbocycles. The number of sulfonamides is 1. The van der Waals surface area contributed by atoms with Crippen molar-refractivity contribution in [3.05, 3.63) is 107 Å². The maximum absolute atomic E-state index is 12.2. The first kappa shape index (κ1) is 27.4. The summed E-state index contributed by atoms with van der Waals surface area (Å²) >= 11 is 5.85. The molecule has 9 nitrogen and oxygen atoms in total. The van der Waals surface area contributed by atoms with Gasteiger partial charge in [0.2, 0.25) is 10.0 Å². The molecule has 40 heavy (non-hydrogen) atoms. The molecule has 2 atom stereocenters. The van der Waals surface area contributed by atoms with E-state index in [0.717, 1.165) is 40.3 Å². The molecule has 1 aliphatic heterocycles. The Hall–Kier alpha value is -4.22. The highest BCUT2D eigenvalue weighted by Crippen LogP contribution is 2.44. The number of aryl methyl sites for hydroxylation is 1. The van der Waals surface area contributed by atoms with Crippen LogP contribution in [0.25, 0.3) is 5.69 Å². The summed E-state index contributed by atoms with van der Waals surface area (Å²) in [5.41, 5.74) is 6.41. The number of methoxy groups -OCH3 is 1. The Morgan fingerprint density at radius 2 is 1.77 bits per heavy atom. The van der Waals surface area contributed by atoms with Crippen LogP contribution in [0.5, 0.6) is 0 Å². The van der Waals surface area contributed by atoms with Crippen molar-refractivity contribution in [1.29, 1.82) is 0 Å². The van der Waals surface area contributed by atoms with Gasteiger partial charge >= 0.3 is 5.97 Å². The number of nitrogens with zero attached hydrogens (tertiary/aromatic N) is 3. The van der Waals surface area contributed by atoms with Gasteiger partial charge in [-0.05, 0) is 92.3 Å². The van der Waals surface area contributed by atoms with Crippen molar-refractivity contribution in [1.82, 2.24) is 14.9 Å². The zero-order valence-corrected chi connectivity index (χ0v) is 24.1. The first-order valence-corrected chi connectivity index (χ1v) is 14.8. The molecule has 4 aromatic rings. The Morgan fingerprint density at radius 1 is 1.02 bits per heavy atom. The summed E-state index contributed by atoms with van der Waals surface area (Å²) in [6.45, 7) is 4.06. The topological polar surface area (TPSA) is 106 Å². The molecular formula is C29H29N5O4S2. The predicted molar refractivity (Wildman–Crippen MR) is 159 cm³/mol. The Balaban J connectivity index is 1.62. The van der Waals surface area contributed by atoms with E-state index in [-0.39, 0.29) is 12.1 Å². The van der Waals surface area contributed by atoms with Crippen LogP contribution in [0.1, 0.15) is 45.1 Å². The van der Waals surface area contributed by atoms with E-state index in [9.17, 15) is 13.2 Å². The molecule has 0 radical (unpaired) electrons. The van der Waals surface area contributed by atoms with Gasteiger partial charge in [-0.3, -0.25) is 9.71 Å². The third-order valence-electron chi connectivity index (χ3n) is 6.86. The predicted octanol–water partition coefficient (Wildman–Crippen LogP) is 4.82. The van der Waals surface area contributed by atoms with Gasteiger partial charge in [-0.1, -0.05) is 12.1 Å². The summed E-state index contributed by atoms with van der Waals surface area (Å²) in [5, 5.41) is 3.99. The standard InChI is InChI=1S/C29H29N5O4S2/c1-18-16-24(19(2)33(18)23-9-7-8-20(17-23)28(35)38-3)27-26(25-10-5-6-15-30-25)31-29(39)34(27)22-13-11-21(12-14-22)32-40(4,36)37/h5-17,26-27,32H,1-4H3,(H,31,39)/t26-,27-/m1/s1. The molecule has 1 saturated heterocycles. The number of benzene rings is 2. The van der Waals surface area contributed by atoms with E-state index in [1.807, 2.05) is 67.3 Å². The molecule has 1 aliphatic rings. The number of pyridine rings is 1. The molecule has 11 heteroatoms. The van der Waals surface area contributed by atoms with E-state index in [2.05, 4.69) is 25.7 Å². The number of anilines is 2. The van der Waals surface area contributed by atoms with Crippen LogP contribution < -0.4 is 14.9 Å². The minimum absolute atomic E-state index is 0.252. The number of hydrogen-bond donors (Lipinski definition) is 2. The van der Waals surface area contributed by atoms with Crippen molar-refractivity contribution < 1.29 is 17.9 Å². The highest BCUT2D eigenvalue weighted by Gasteiger charge is 2.42. The van der Waals surface area contributed by atoms with E-state index >= 15 is 0 Å². The van der Waals surface area contributed by atoms with E-state index in [1.54, 1.807) is 24.4 Å². The number of ether oxygens (including phenoxy) is 1. The van der Waals surface area contributed by atoms with Crippen LogP contribution in [0.15, 0.2) is 79.0 Å². The quantitative estimate of drug-likeness (QED) is 0.239. The van der Waals surface area contributed by atoms with Crippen LogP contribution >= 0.6 is 12.2 Å². The van der Waals surface area contributed by atoms with Crippen LogP contribution in [0.2, 0.25) is 0 Å². The van der Waals surface area contributed by atoms with Crippen LogP contribution in [-0.2, 0) is 14.8 Å². The lowest BCUT2D eigenvalue weighted by Gasteiger charge is -2.28. The summed E-state index contributed by atoms with van der Waals surface area (Å²) in [4.78, 5) is 18.9.